The van der Waals surface area contributed by atoms with Crippen molar-refractivity contribution in [3.05, 3.63) is 114 Å². The highest BCUT2D eigenvalue weighted by Gasteiger charge is 2.10. The number of esters is 1. The van der Waals surface area contributed by atoms with Crippen LogP contribution < -0.4 is 5.01 Å². The number of para-hydroxylation sites is 1. The minimum absolute atomic E-state index is 0.339. The van der Waals surface area contributed by atoms with Crippen molar-refractivity contribution in [2.24, 2.45) is 5.10 Å². The van der Waals surface area contributed by atoms with Crippen LogP contribution in [0.25, 0.3) is 11.3 Å². The summed E-state index contributed by atoms with van der Waals surface area (Å²) < 4.78 is 11.1. The molecule has 4 aromatic rings. The molecule has 0 bridgehead atoms. The molecule has 0 amide bonds. The van der Waals surface area contributed by atoms with Crippen molar-refractivity contribution in [3.63, 3.8) is 0 Å². The number of hydrogen-bond donors (Lipinski definition) is 0. The molecule has 32 heavy (non-hydrogen) atoms. The van der Waals surface area contributed by atoms with Crippen LogP contribution in [0.1, 0.15) is 28.6 Å². The topological polar surface area (TPSA) is 55.0 Å². The Labute approximate surface area is 187 Å². The van der Waals surface area contributed by atoms with E-state index in [2.05, 4.69) is 17.2 Å². The van der Waals surface area contributed by atoms with Gasteiger partial charge in [0.25, 0.3) is 0 Å². The summed E-state index contributed by atoms with van der Waals surface area (Å²) in [5.41, 5.74) is 3.44. The minimum Gasteiger partial charge on any atom is -0.462 e. The Morgan fingerprint density at radius 3 is 2.44 bits per heavy atom. The van der Waals surface area contributed by atoms with E-state index in [1.165, 1.54) is 0 Å². The van der Waals surface area contributed by atoms with Gasteiger partial charge in [-0.3, -0.25) is 5.01 Å². The van der Waals surface area contributed by atoms with E-state index in [9.17, 15) is 4.79 Å². The number of furan rings is 1. The number of anilines is 1. The normalized spacial score (nSPS) is 10.9. The number of hydrazone groups is 1. The van der Waals surface area contributed by atoms with E-state index in [0.717, 1.165) is 16.8 Å². The molecule has 0 atom stereocenters. The fourth-order valence-corrected chi connectivity index (χ4v) is 3.27. The van der Waals surface area contributed by atoms with E-state index < -0.39 is 0 Å². The van der Waals surface area contributed by atoms with Crippen LogP contribution in [0.5, 0.6) is 0 Å². The molecule has 0 spiro atoms. The first-order valence-corrected chi connectivity index (χ1v) is 10.5. The third-order valence-corrected chi connectivity index (χ3v) is 4.84. The van der Waals surface area contributed by atoms with Crippen LogP contribution in [0.15, 0.2) is 107 Å². The van der Waals surface area contributed by atoms with Crippen molar-refractivity contribution in [2.75, 3.05) is 11.6 Å². The van der Waals surface area contributed by atoms with Crippen molar-refractivity contribution in [1.82, 2.24) is 0 Å². The van der Waals surface area contributed by atoms with E-state index in [1.807, 2.05) is 77.8 Å². The highest BCUT2D eigenvalue weighted by molar-refractivity contribution is 5.91. The van der Waals surface area contributed by atoms with Gasteiger partial charge in [0.2, 0.25) is 0 Å². The van der Waals surface area contributed by atoms with Gasteiger partial charge in [0.05, 0.1) is 30.6 Å². The predicted molar refractivity (Wildman–Crippen MR) is 127 cm³/mol. The number of carbonyl (C=O) groups is 1. The summed E-state index contributed by atoms with van der Waals surface area (Å²) in [6.45, 7) is 2.76. The fourth-order valence-electron chi connectivity index (χ4n) is 3.27. The van der Waals surface area contributed by atoms with Crippen molar-refractivity contribution in [1.29, 1.82) is 0 Å². The third kappa shape index (κ3) is 5.32. The van der Waals surface area contributed by atoms with Gasteiger partial charge in [-0.25, -0.2) is 4.79 Å². The molecule has 0 saturated carbocycles. The molecule has 3 aromatic carbocycles. The summed E-state index contributed by atoms with van der Waals surface area (Å²) in [6, 6.07) is 31.1. The third-order valence-electron chi connectivity index (χ3n) is 4.84. The van der Waals surface area contributed by atoms with Crippen LogP contribution >= 0.6 is 0 Å². The van der Waals surface area contributed by atoms with Crippen molar-refractivity contribution >= 4 is 17.9 Å². The second kappa shape index (κ2) is 10.3. The lowest BCUT2D eigenvalue weighted by molar-refractivity contribution is 0.0526. The smallest absolute Gasteiger partial charge is 0.338 e. The first-order valence-electron chi connectivity index (χ1n) is 10.5. The number of ether oxygens (including phenoxy) is 1. The maximum Gasteiger partial charge on any atom is 0.338 e. The van der Waals surface area contributed by atoms with E-state index in [0.29, 0.717) is 30.2 Å². The maximum absolute atomic E-state index is 12.0. The SMILES string of the molecule is CCOC(=O)c1cccc(-c2ccc(C=NN(Cc3ccccc3)c3ccccc3)o2)c1. The van der Waals surface area contributed by atoms with Crippen LogP contribution in [0.2, 0.25) is 0 Å². The zero-order chi connectivity index (χ0) is 22.2. The van der Waals surface area contributed by atoms with E-state index in [1.54, 1.807) is 25.3 Å². The van der Waals surface area contributed by atoms with Gasteiger partial charge in [0, 0.05) is 5.56 Å². The van der Waals surface area contributed by atoms with Crippen LogP contribution in [0, 0.1) is 0 Å². The molecule has 0 aliphatic carbocycles. The Morgan fingerprint density at radius 1 is 0.938 bits per heavy atom. The summed E-state index contributed by atoms with van der Waals surface area (Å²) in [5.74, 6) is 0.935. The summed E-state index contributed by atoms with van der Waals surface area (Å²) in [6.07, 6.45) is 1.70. The average Bonchev–Trinajstić information content (AvgIpc) is 3.32. The second-order valence-electron chi connectivity index (χ2n) is 7.13. The zero-order valence-corrected chi connectivity index (χ0v) is 17.8. The van der Waals surface area contributed by atoms with Gasteiger partial charge in [-0.05, 0) is 48.9 Å². The number of rotatable bonds is 8. The van der Waals surface area contributed by atoms with Crippen LogP contribution in [0.3, 0.4) is 0 Å². The first-order chi connectivity index (χ1) is 15.7. The number of carbonyl (C=O) groups excluding carboxylic acids is 1. The van der Waals surface area contributed by atoms with Crippen molar-refractivity contribution in [3.8, 4) is 11.3 Å². The summed E-state index contributed by atoms with van der Waals surface area (Å²) in [4.78, 5) is 12.0. The Balaban J connectivity index is 1.55. The van der Waals surface area contributed by atoms with Crippen molar-refractivity contribution < 1.29 is 13.9 Å². The van der Waals surface area contributed by atoms with Gasteiger partial charge in [-0.2, -0.15) is 5.10 Å². The fraction of sp³-hybridized carbons (Fsp3) is 0.111. The van der Waals surface area contributed by atoms with Gasteiger partial charge >= 0.3 is 5.97 Å². The van der Waals surface area contributed by atoms with Gasteiger partial charge < -0.3 is 9.15 Å². The summed E-state index contributed by atoms with van der Waals surface area (Å²) in [5, 5.41) is 6.61. The molecule has 0 N–H and O–H groups in total. The lowest BCUT2D eigenvalue weighted by Crippen LogP contribution is -2.15. The molecule has 0 aliphatic heterocycles. The Morgan fingerprint density at radius 2 is 1.69 bits per heavy atom. The van der Waals surface area contributed by atoms with Crippen LogP contribution in [0.4, 0.5) is 5.69 Å². The molecule has 0 unspecified atom stereocenters. The lowest BCUT2D eigenvalue weighted by atomic mass is 10.1. The molecule has 0 radical (unpaired) electrons. The number of hydrogen-bond acceptors (Lipinski definition) is 5. The monoisotopic (exact) mass is 424 g/mol. The molecule has 5 heteroatoms. The predicted octanol–water partition coefficient (Wildman–Crippen LogP) is 6.16. The molecule has 0 saturated heterocycles. The highest BCUT2D eigenvalue weighted by atomic mass is 16.5. The Kier molecular flexibility index (Phi) is 6.78. The molecule has 4 rings (SSSR count). The Bertz CT molecular complexity index is 1180. The van der Waals surface area contributed by atoms with E-state index in [4.69, 9.17) is 9.15 Å². The molecule has 5 nitrogen and oxygen atoms in total. The highest BCUT2D eigenvalue weighted by Crippen LogP contribution is 2.23. The standard InChI is InChI=1S/C27H24N2O3/c1-2-31-27(30)23-13-9-12-22(18-23)26-17-16-25(32-26)19-28-29(24-14-7-4-8-15-24)20-21-10-5-3-6-11-21/h3-19H,2,20H2,1H3. The zero-order valence-electron chi connectivity index (χ0n) is 17.8. The molecule has 1 aromatic heterocycles. The molecular formula is C27H24N2O3. The Hall–Kier alpha value is -4.12. The number of benzene rings is 3. The summed E-state index contributed by atoms with van der Waals surface area (Å²) in [7, 11) is 0. The first kappa shape index (κ1) is 21.1. The molecular weight excluding hydrogens is 400 g/mol. The van der Waals surface area contributed by atoms with Crippen LogP contribution in [-0.4, -0.2) is 18.8 Å². The molecule has 160 valence electrons. The van der Waals surface area contributed by atoms with E-state index >= 15 is 0 Å². The second-order valence-corrected chi connectivity index (χ2v) is 7.13. The quantitative estimate of drug-likeness (QED) is 0.193. The van der Waals surface area contributed by atoms with Crippen molar-refractivity contribution in [2.45, 2.75) is 13.5 Å². The molecule has 0 aliphatic rings. The van der Waals surface area contributed by atoms with E-state index in [-0.39, 0.29) is 5.97 Å². The minimum atomic E-state index is -0.345. The van der Waals surface area contributed by atoms with Gasteiger partial charge in [0.1, 0.15) is 11.5 Å². The lowest BCUT2D eigenvalue weighted by Gasteiger charge is -2.19. The van der Waals surface area contributed by atoms with Crippen LogP contribution in [-0.2, 0) is 11.3 Å². The largest absolute Gasteiger partial charge is 0.462 e. The van der Waals surface area contributed by atoms with Gasteiger partial charge in [-0.15, -0.1) is 0 Å². The van der Waals surface area contributed by atoms with Gasteiger partial charge in [0.15, 0.2) is 0 Å². The molecule has 1 heterocycles. The molecule has 0 fully saturated rings. The number of nitrogens with zero attached hydrogens (tertiary/aromatic N) is 2. The average molecular weight is 425 g/mol. The maximum atomic E-state index is 12.0. The summed E-state index contributed by atoms with van der Waals surface area (Å²) >= 11 is 0. The van der Waals surface area contributed by atoms with Gasteiger partial charge in [-0.1, -0.05) is 60.7 Å².